The third-order valence-corrected chi connectivity index (χ3v) is 10.9. The second kappa shape index (κ2) is 10.5. The van der Waals surface area contributed by atoms with Gasteiger partial charge in [0, 0.05) is 23.7 Å². The van der Waals surface area contributed by atoms with Crippen LogP contribution >= 0.6 is 11.8 Å². The molecule has 2 N–H and O–H groups in total. The van der Waals surface area contributed by atoms with Gasteiger partial charge in [0.2, 0.25) is 5.91 Å². The number of rotatable bonds is 6. The third kappa shape index (κ3) is 4.94. The molecular formula is C33H38N4O3S. The van der Waals surface area contributed by atoms with Crippen LogP contribution in [0, 0.1) is 23.2 Å². The normalized spacial score (nSPS) is 30.0. The van der Waals surface area contributed by atoms with E-state index in [9.17, 15) is 9.59 Å². The van der Waals surface area contributed by atoms with Gasteiger partial charge in [0.15, 0.2) is 5.17 Å². The highest BCUT2D eigenvalue weighted by atomic mass is 32.2. The molecule has 4 aliphatic carbocycles. The van der Waals surface area contributed by atoms with E-state index in [1.54, 1.807) is 18.9 Å². The maximum atomic E-state index is 13.7. The lowest BCUT2D eigenvalue weighted by molar-refractivity contribution is -0.140. The van der Waals surface area contributed by atoms with Gasteiger partial charge in [-0.3, -0.25) is 9.59 Å². The molecule has 2 aliphatic heterocycles. The number of carbonyl (C=O) groups excluding carboxylic acids is 2. The van der Waals surface area contributed by atoms with Crippen molar-refractivity contribution in [2.75, 3.05) is 30.0 Å². The number of nitrogens with one attached hydrogen (secondary N) is 2. The Hall–Kier alpha value is -3.26. The number of allylic oxidation sites excluding steroid dienone is 1. The average molecular weight is 571 g/mol. The fraction of sp³-hybridized carbons (Fsp3) is 0.485. The second-order valence-corrected chi connectivity index (χ2v) is 13.7. The first-order chi connectivity index (χ1) is 19.9. The Balaban J connectivity index is 1.13. The van der Waals surface area contributed by atoms with Crippen LogP contribution in [0.25, 0.3) is 0 Å². The number of hydrogen-bond acceptors (Lipinski definition) is 6. The number of amidine groups is 1. The SMILES string of the molecule is COc1ccc(NC(=O)C2=C(C)N=C3SCCCN3C2c2ccc(NC(=O)C34CC5CC(CC(C5)C3)C4)cc2)cc1. The minimum atomic E-state index is -0.249. The number of fused-ring (bicyclic) bond motifs is 1. The molecule has 4 bridgehead atoms. The van der Waals surface area contributed by atoms with E-state index in [1.165, 1.54) is 19.3 Å². The smallest absolute Gasteiger partial charge is 0.255 e. The maximum Gasteiger partial charge on any atom is 0.255 e. The van der Waals surface area contributed by atoms with Crippen molar-refractivity contribution in [2.24, 2.45) is 28.2 Å². The summed E-state index contributed by atoms with van der Waals surface area (Å²) in [7, 11) is 1.63. The molecule has 8 rings (SSSR count). The molecule has 2 aromatic rings. The predicted octanol–water partition coefficient (Wildman–Crippen LogP) is 6.61. The molecule has 1 saturated heterocycles. The zero-order valence-electron chi connectivity index (χ0n) is 23.8. The number of nitrogens with zero attached hydrogens (tertiary/aromatic N) is 2. The third-order valence-electron chi connectivity index (χ3n) is 9.86. The quantitative estimate of drug-likeness (QED) is 0.408. The van der Waals surface area contributed by atoms with Gasteiger partial charge in [0.05, 0.1) is 29.8 Å². The summed E-state index contributed by atoms with van der Waals surface area (Å²) in [5.74, 6) is 4.01. The molecule has 0 radical (unpaired) electrons. The first-order valence-electron chi connectivity index (χ1n) is 15.0. The molecule has 1 atom stereocenters. The summed E-state index contributed by atoms with van der Waals surface area (Å²) in [6.45, 7) is 2.77. The highest BCUT2D eigenvalue weighted by Crippen LogP contribution is 2.60. The van der Waals surface area contributed by atoms with Crippen molar-refractivity contribution in [1.29, 1.82) is 0 Å². The van der Waals surface area contributed by atoms with E-state index in [4.69, 9.17) is 9.73 Å². The average Bonchev–Trinajstić information content (AvgIpc) is 2.96. The van der Waals surface area contributed by atoms with Crippen LogP contribution in [0.4, 0.5) is 11.4 Å². The first kappa shape index (κ1) is 26.6. The number of amides is 2. The largest absolute Gasteiger partial charge is 0.497 e. The number of benzene rings is 2. The zero-order chi connectivity index (χ0) is 28.1. The van der Waals surface area contributed by atoms with Gasteiger partial charge in [-0.05, 0) is 112 Å². The number of hydrogen-bond donors (Lipinski definition) is 2. The van der Waals surface area contributed by atoms with E-state index in [1.807, 2.05) is 43.3 Å². The van der Waals surface area contributed by atoms with E-state index >= 15 is 0 Å². The molecule has 4 saturated carbocycles. The fourth-order valence-corrected chi connectivity index (χ4v) is 9.40. The molecule has 5 fully saturated rings. The molecule has 2 aromatic carbocycles. The number of carbonyl (C=O) groups is 2. The van der Waals surface area contributed by atoms with Crippen molar-refractivity contribution in [3.8, 4) is 5.75 Å². The lowest BCUT2D eigenvalue weighted by Crippen LogP contribution is -2.51. The lowest BCUT2D eigenvalue weighted by Gasteiger charge is -2.55. The van der Waals surface area contributed by atoms with Crippen LogP contribution in [0.2, 0.25) is 0 Å². The summed E-state index contributed by atoms with van der Waals surface area (Å²) < 4.78 is 5.26. The van der Waals surface area contributed by atoms with E-state index < -0.39 is 0 Å². The van der Waals surface area contributed by atoms with Gasteiger partial charge in [-0.15, -0.1) is 0 Å². The number of methoxy groups -OCH3 is 1. The molecule has 214 valence electrons. The monoisotopic (exact) mass is 570 g/mol. The lowest BCUT2D eigenvalue weighted by atomic mass is 9.49. The Labute approximate surface area is 246 Å². The molecule has 6 aliphatic rings. The van der Waals surface area contributed by atoms with Crippen molar-refractivity contribution in [2.45, 2.75) is 57.9 Å². The molecule has 2 amide bonds. The van der Waals surface area contributed by atoms with Crippen molar-refractivity contribution in [3.63, 3.8) is 0 Å². The summed E-state index contributed by atoms with van der Waals surface area (Å²) in [6.07, 6.45) is 8.16. The van der Waals surface area contributed by atoms with Gasteiger partial charge in [-0.1, -0.05) is 23.9 Å². The van der Waals surface area contributed by atoms with E-state index in [2.05, 4.69) is 27.7 Å². The van der Waals surface area contributed by atoms with Gasteiger partial charge in [-0.2, -0.15) is 0 Å². The number of aliphatic imine (C=N–C) groups is 1. The summed E-state index contributed by atoms with van der Waals surface area (Å²) in [6, 6.07) is 15.3. The van der Waals surface area contributed by atoms with E-state index in [-0.39, 0.29) is 23.3 Å². The Morgan fingerprint density at radius 2 is 1.54 bits per heavy atom. The Bertz CT molecular complexity index is 1380. The van der Waals surface area contributed by atoms with E-state index in [0.717, 1.165) is 83.6 Å². The summed E-state index contributed by atoms with van der Waals surface area (Å²) in [5.41, 5.74) is 3.77. The highest BCUT2D eigenvalue weighted by molar-refractivity contribution is 8.13. The molecule has 1 unspecified atom stereocenters. The molecular weight excluding hydrogens is 532 g/mol. The number of thioether (sulfide) groups is 1. The molecule has 2 heterocycles. The van der Waals surface area contributed by atoms with Gasteiger partial charge in [0.25, 0.3) is 5.91 Å². The first-order valence-corrected chi connectivity index (χ1v) is 15.9. The fourth-order valence-electron chi connectivity index (χ4n) is 8.38. The Kier molecular flexibility index (Phi) is 6.84. The second-order valence-electron chi connectivity index (χ2n) is 12.6. The van der Waals surface area contributed by atoms with Gasteiger partial charge in [0.1, 0.15) is 5.75 Å². The van der Waals surface area contributed by atoms with Crippen LogP contribution in [0.1, 0.15) is 63.5 Å². The van der Waals surface area contributed by atoms with Gasteiger partial charge >= 0.3 is 0 Å². The topological polar surface area (TPSA) is 83.0 Å². The van der Waals surface area contributed by atoms with Crippen LogP contribution in [0.15, 0.2) is 64.8 Å². The van der Waals surface area contributed by atoms with E-state index in [0.29, 0.717) is 11.3 Å². The van der Waals surface area contributed by atoms with Crippen LogP contribution < -0.4 is 15.4 Å². The predicted molar refractivity (Wildman–Crippen MR) is 164 cm³/mol. The molecule has 7 nitrogen and oxygen atoms in total. The molecule has 8 heteroatoms. The van der Waals surface area contributed by atoms with Crippen molar-refractivity contribution in [1.82, 2.24) is 4.90 Å². The minimum absolute atomic E-state index is 0.157. The number of ether oxygens (including phenoxy) is 1. The standard InChI is InChI=1S/C33H38N4O3S/c1-20-28(30(38)35-25-8-10-27(40-2)11-9-25)29(37-12-3-13-41-32(37)34-20)24-4-6-26(7-5-24)36-31(39)33-17-21-14-22(18-33)16-23(15-21)19-33/h4-11,21-23,29H,3,12-19H2,1-2H3,(H,35,38)(H,36,39). The van der Waals surface area contributed by atoms with Crippen molar-refractivity contribution >= 4 is 40.1 Å². The van der Waals surface area contributed by atoms with Crippen LogP contribution in [-0.2, 0) is 9.59 Å². The van der Waals surface area contributed by atoms with Crippen molar-refractivity contribution < 1.29 is 14.3 Å². The number of anilines is 2. The maximum absolute atomic E-state index is 13.7. The molecule has 0 aromatic heterocycles. The van der Waals surface area contributed by atoms with Crippen LogP contribution in [0.3, 0.4) is 0 Å². The van der Waals surface area contributed by atoms with Gasteiger partial charge in [-0.25, -0.2) is 4.99 Å². The highest BCUT2D eigenvalue weighted by Gasteiger charge is 2.54. The van der Waals surface area contributed by atoms with Gasteiger partial charge < -0.3 is 20.3 Å². The Morgan fingerprint density at radius 3 is 2.17 bits per heavy atom. The summed E-state index contributed by atoms with van der Waals surface area (Å²) >= 11 is 1.75. The molecule has 41 heavy (non-hydrogen) atoms. The Morgan fingerprint density at radius 1 is 0.927 bits per heavy atom. The van der Waals surface area contributed by atoms with Crippen LogP contribution in [0.5, 0.6) is 5.75 Å². The zero-order valence-corrected chi connectivity index (χ0v) is 24.6. The van der Waals surface area contributed by atoms with Crippen molar-refractivity contribution in [3.05, 3.63) is 65.4 Å². The summed E-state index contributed by atoms with van der Waals surface area (Å²) in [5, 5.41) is 7.34. The van der Waals surface area contributed by atoms with Crippen LogP contribution in [-0.4, -0.2) is 41.3 Å². The summed E-state index contributed by atoms with van der Waals surface area (Å²) in [4.78, 5) is 34.5. The molecule has 0 spiro atoms. The minimum Gasteiger partial charge on any atom is -0.497 e.